The Labute approximate surface area is 287 Å². The van der Waals surface area contributed by atoms with Crippen molar-refractivity contribution in [1.29, 1.82) is 0 Å². The Bertz CT molecular complexity index is 1210. The molecule has 0 rings (SSSR count). The fourth-order valence-electron chi connectivity index (χ4n) is 2.55. The summed E-state index contributed by atoms with van der Waals surface area (Å²) in [4.78, 5) is 62.5. The Morgan fingerprint density at radius 3 is 1.62 bits per heavy atom. The Morgan fingerprint density at radius 2 is 1.23 bits per heavy atom. The number of amides is 2. The van der Waals surface area contributed by atoms with Crippen LogP contribution in [0.15, 0.2) is 12.2 Å². The first kappa shape index (κ1) is 50.0. The molecule has 0 unspecified atom stereocenters. The number of rotatable bonds is 18. The summed E-state index contributed by atoms with van der Waals surface area (Å²) in [6.45, 7) is 25.2. The predicted molar refractivity (Wildman–Crippen MR) is 183 cm³/mol. The van der Waals surface area contributed by atoms with E-state index in [0.717, 1.165) is 6.42 Å². The summed E-state index contributed by atoms with van der Waals surface area (Å²) in [7, 11) is -8.45. The van der Waals surface area contributed by atoms with E-state index in [0.29, 0.717) is 25.0 Å². The van der Waals surface area contributed by atoms with Gasteiger partial charge in [-0.3, -0.25) is 23.5 Å². The van der Waals surface area contributed by atoms with Gasteiger partial charge in [-0.15, -0.1) is 0 Å². The molecule has 2 amide bonds. The molecule has 0 heterocycles. The second kappa shape index (κ2) is 21.7. The highest BCUT2D eigenvalue weighted by Gasteiger charge is 2.31. The molecule has 15 nitrogen and oxygen atoms in total. The highest BCUT2D eigenvalue weighted by atomic mass is 32.2. The van der Waals surface area contributed by atoms with Gasteiger partial charge in [0.05, 0.1) is 24.3 Å². The van der Waals surface area contributed by atoms with Crippen molar-refractivity contribution in [2.24, 2.45) is 16.2 Å². The largest absolute Gasteiger partial charge is 0.469 e. The van der Waals surface area contributed by atoms with Gasteiger partial charge in [0.15, 0.2) is 0 Å². The minimum absolute atomic E-state index is 0.0265. The van der Waals surface area contributed by atoms with E-state index in [2.05, 4.69) is 21.7 Å². The third kappa shape index (κ3) is 25.6. The summed E-state index contributed by atoms with van der Waals surface area (Å²) in [5.41, 5.74) is -1.73. The fourth-order valence-corrected chi connectivity index (χ4v) is 3.63. The first-order valence-electron chi connectivity index (χ1n) is 15.7. The number of esters is 2. The molecule has 48 heavy (non-hydrogen) atoms. The zero-order valence-electron chi connectivity index (χ0n) is 30.9. The van der Waals surface area contributed by atoms with Gasteiger partial charge in [0, 0.05) is 21.9 Å². The fraction of sp³-hybridized carbons (Fsp3) is 0.806. The maximum atomic E-state index is 11.9. The lowest BCUT2D eigenvalue weighted by Crippen LogP contribution is -2.49. The molecule has 0 bridgehead atoms. The zero-order valence-corrected chi connectivity index (χ0v) is 32.6. The van der Waals surface area contributed by atoms with E-state index in [1.807, 2.05) is 48.5 Å². The third-order valence-corrected chi connectivity index (χ3v) is 8.65. The van der Waals surface area contributed by atoms with Crippen molar-refractivity contribution in [3.63, 3.8) is 0 Å². The molecule has 0 aromatic rings. The van der Waals surface area contributed by atoms with Crippen molar-refractivity contribution in [2.45, 2.75) is 114 Å². The van der Waals surface area contributed by atoms with Crippen LogP contribution in [-0.2, 0) is 47.9 Å². The average molecular weight is 733 g/mol. The molecule has 284 valence electrons. The number of nitrogens with one attached hydrogen (secondary N) is 2. The van der Waals surface area contributed by atoms with Crippen molar-refractivity contribution in [1.82, 2.24) is 10.6 Å². The summed E-state index contributed by atoms with van der Waals surface area (Å²) < 4.78 is 54.0. The molecule has 0 saturated carbocycles. The minimum atomic E-state index is -4.46. The van der Waals surface area contributed by atoms with Crippen LogP contribution in [0.3, 0.4) is 0 Å². The summed E-state index contributed by atoms with van der Waals surface area (Å²) >= 11 is 0. The number of phosphoric ester groups is 1. The lowest BCUT2D eigenvalue weighted by Gasteiger charge is -2.31. The average Bonchev–Trinajstić information content (AvgIpc) is 2.95. The van der Waals surface area contributed by atoms with E-state index in [1.165, 1.54) is 0 Å². The number of phosphoric acid groups is 1. The molecule has 0 spiro atoms. The van der Waals surface area contributed by atoms with Gasteiger partial charge in [0.2, 0.25) is 11.8 Å². The van der Waals surface area contributed by atoms with Gasteiger partial charge in [-0.25, -0.2) is 9.36 Å². The first-order valence-corrected chi connectivity index (χ1v) is 18.8. The molecule has 0 aliphatic heterocycles. The molecule has 0 aliphatic rings. The second-order valence-electron chi connectivity index (χ2n) is 13.7. The van der Waals surface area contributed by atoms with E-state index in [4.69, 9.17) is 23.8 Å². The van der Waals surface area contributed by atoms with Crippen molar-refractivity contribution < 1.29 is 60.5 Å². The number of hydrogen-bond donors (Lipinski definition) is 5. The first-order chi connectivity index (χ1) is 21.4. The molecule has 0 fully saturated rings. The Hall–Kier alpha value is -2.36. The Kier molecular flexibility index (Phi) is 22.6. The molecule has 0 radical (unpaired) electrons. The van der Waals surface area contributed by atoms with Crippen molar-refractivity contribution >= 4 is 41.7 Å². The number of carbonyl (C=O) groups is 4. The molecule has 0 aromatic heterocycles. The normalized spacial score (nSPS) is 12.3. The highest BCUT2D eigenvalue weighted by molar-refractivity contribution is 7.85. The third-order valence-electron chi connectivity index (χ3n) is 7.42. The van der Waals surface area contributed by atoms with Gasteiger partial charge in [-0.05, 0) is 60.3 Å². The molecule has 0 atom stereocenters. The molecule has 0 aliphatic carbocycles. The Balaban J connectivity index is -0.000000634. The predicted octanol–water partition coefficient (Wildman–Crippen LogP) is 4.33. The number of ether oxygens (including phenoxy) is 2. The van der Waals surface area contributed by atoms with E-state index < -0.39 is 46.2 Å². The van der Waals surface area contributed by atoms with Gasteiger partial charge >= 0.3 is 19.8 Å². The van der Waals surface area contributed by atoms with Crippen LogP contribution in [0.4, 0.5) is 0 Å². The maximum absolute atomic E-state index is 11.9. The van der Waals surface area contributed by atoms with Gasteiger partial charge in [-0.1, -0.05) is 55.0 Å². The van der Waals surface area contributed by atoms with Crippen LogP contribution in [0.2, 0.25) is 0 Å². The monoisotopic (exact) mass is 732 g/mol. The molecular formula is C31H61N2O13PS. The van der Waals surface area contributed by atoms with E-state index >= 15 is 0 Å². The smallest absolute Gasteiger partial charge is 0.463 e. The van der Waals surface area contributed by atoms with Crippen LogP contribution < -0.4 is 10.6 Å². The summed E-state index contributed by atoms with van der Waals surface area (Å²) in [6.07, 6.45) is 2.28. The summed E-state index contributed by atoms with van der Waals surface area (Å²) in [5, 5.41) is 5.53. The molecule has 0 saturated heterocycles. The van der Waals surface area contributed by atoms with Crippen molar-refractivity contribution in [3.05, 3.63) is 12.2 Å². The van der Waals surface area contributed by atoms with Gasteiger partial charge in [0.25, 0.3) is 10.1 Å². The van der Waals surface area contributed by atoms with E-state index in [-0.39, 0.29) is 49.2 Å². The van der Waals surface area contributed by atoms with Crippen LogP contribution in [0.25, 0.3) is 0 Å². The SMILES string of the molecule is C=C(C)C(=O)OCCNC(=O)C(C)(C)CC.CCC(C)(C)C(=O)NC(C)(C)CCS(=O)(=O)O.CCC(C)(C)C(=O)OCCOP(=O)(O)O. The molecule has 5 N–H and O–H groups in total. The van der Waals surface area contributed by atoms with Gasteiger partial charge < -0.3 is 29.9 Å². The summed E-state index contributed by atoms with van der Waals surface area (Å²) in [6, 6.07) is 0. The molecule has 0 aromatic carbocycles. The topological polar surface area (TPSA) is 232 Å². The van der Waals surface area contributed by atoms with Crippen LogP contribution in [0.1, 0.15) is 109 Å². The minimum Gasteiger partial charge on any atom is -0.463 e. The van der Waals surface area contributed by atoms with Crippen LogP contribution in [-0.4, -0.2) is 84.2 Å². The molecule has 17 heteroatoms. The van der Waals surface area contributed by atoms with E-state index in [9.17, 15) is 32.2 Å². The number of hydrogen-bond acceptors (Lipinski definition) is 10. The zero-order chi connectivity index (χ0) is 38.8. The number of carbonyl (C=O) groups excluding carboxylic acids is 4. The van der Waals surface area contributed by atoms with Gasteiger partial charge in [-0.2, -0.15) is 8.42 Å². The van der Waals surface area contributed by atoms with Gasteiger partial charge in [0.1, 0.15) is 13.2 Å². The van der Waals surface area contributed by atoms with Crippen molar-refractivity contribution in [2.75, 3.05) is 32.1 Å². The maximum Gasteiger partial charge on any atom is 0.469 e. The van der Waals surface area contributed by atoms with E-state index in [1.54, 1.807) is 34.6 Å². The lowest BCUT2D eigenvalue weighted by molar-refractivity contribution is -0.155. The van der Waals surface area contributed by atoms with Crippen LogP contribution in [0, 0.1) is 16.2 Å². The highest BCUT2D eigenvalue weighted by Crippen LogP contribution is 2.35. The van der Waals surface area contributed by atoms with Crippen LogP contribution >= 0.6 is 7.82 Å². The lowest BCUT2D eigenvalue weighted by atomic mass is 9.87. The van der Waals surface area contributed by atoms with Crippen molar-refractivity contribution in [3.8, 4) is 0 Å². The summed E-state index contributed by atoms with van der Waals surface area (Å²) in [5.74, 6) is -1.32. The second-order valence-corrected chi connectivity index (χ2v) is 16.5. The standard InChI is InChI=1S/C12H21NO3.C11H23NO4S.C8H17O6P/c1-6-12(4,5)11(15)13-7-8-16-10(14)9(2)3;1-6-10(2,3)9(13)12-11(4,5)7-8-17(14,15)16;1-4-8(2,3)7(9)13-5-6-14-15(10,11)12/h2,6-8H2,1,3-5H3,(H,13,15);6-8H2,1-5H3,(H,12,13)(H,14,15,16);4-6H2,1-3H3,(H2,10,11,12). The van der Waals surface area contributed by atoms with Crippen LogP contribution in [0.5, 0.6) is 0 Å². The molecular weight excluding hydrogens is 671 g/mol. The Morgan fingerprint density at radius 1 is 0.771 bits per heavy atom. The quantitative estimate of drug-likeness (QED) is 0.0435.